The van der Waals surface area contributed by atoms with E-state index in [4.69, 9.17) is 16.9 Å². The van der Waals surface area contributed by atoms with Gasteiger partial charge in [-0.3, -0.25) is 9.79 Å². The molecule has 0 unspecified atom stereocenters. The van der Waals surface area contributed by atoms with Gasteiger partial charge in [0, 0.05) is 36.3 Å². The highest BCUT2D eigenvalue weighted by Crippen LogP contribution is 2.69. The summed E-state index contributed by atoms with van der Waals surface area (Å²) in [4.78, 5) is 32.6. The van der Waals surface area contributed by atoms with Crippen molar-refractivity contribution in [3.8, 4) is 18.1 Å². The number of carbonyl (C=O) groups is 1. The number of aliphatic imine (C=N–C) groups is 1. The number of nitrogens with one attached hydrogen (secondary N) is 1. The van der Waals surface area contributed by atoms with Crippen LogP contribution in [0.4, 0.5) is 14.6 Å². The fourth-order valence-corrected chi connectivity index (χ4v) is 7.56. The number of allylic oxidation sites excluding steroid dienone is 3. The first-order valence-electron chi connectivity index (χ1n) is 13.2. The smallest absolute Gasteiger partial charge is 0.239 e. The number of nitrogens with two attached hydrogens (primary N) is 1. The predicted molar refractivity (Wildman–Crippen MR) is 156 cm³/mol. The number of carbonyl (C=O) groups excluding carboxylic acids is 1. The first kappa shape index (κ1) is 28.5. The van der Waals surface area contributed by atoms with E-state index in [1.54, 1.807) is 19.9 Å². The molecule has 2 aromatic rings. The van der Waals surface area contributed by atoms with Crippen molar-refractivity contribution in [3.05, 3.63) is 54.2 Å². The van der Waals surface area contributed by atoms with Crippen molar-refractivity contribution in [1.29, 1.82) is 0 Å². The van der Waals surface area contributed by atoms with E-state index in [0.717, 1.165) is 18.9 Å². The lowest BCUT2D eigenvalue weighted by Gasteiger charge is -2.35. The SMILES string of the molecule is C#CCOc1cnc2c(N/C(C)=C/C(F)=C(/F)C(=C)[C@@]3(C)N=C(N)S[C@]4(C(=O)N5CCCC5)[C@H]3[C@@H]4C)ncnc2c1. The van der Waals surface area contributed by atoms with Crippen molar-refractivity contribution in [2.45, 2.75) is 43.9 Å². The van der Waals surface area contributed by atoms with Gasteiger partial charge >= 0.3 is 0 Å². The van der Waals surface area contributed by atoms with Crippen LogP contribution in [0.1, 0.15) is 33.6 Å². The van der Waals surface area contributed by atoms with Gasteiger partial charge in [0.05, 0.1) is 17.3 Å². The summed E-state index contributed by atoms with van der Waals surface area (Å²) >= 11 is 1.23. The number of amidine groups is 1. The minimum absolute atomic E-state index is 0.0143. The molecule has 0 bridgehead atoms. The zero-order chi connectivity index (χ0) is 29.5. The summed E-state index contributed by atoms with van der Waals surface area (Å²) in [5.41, 5.74) is 5.87. The third-order valence-corrected chi connectivity index (χ3v) is 9.43. The Labute approximate surface area is 241 Å². The highest BCUT2D eigenvalue weighted by Gasteiger charge is 2.77. The van der Waals surface area contributed by atoms with Crippen LogP contribution in [0.15, 0.2) is 59.2 Å². The average molecular weight is 580 g/mol. The topological polar surface area (TPSA) is 119 Å². The molecule has 1 saturated heterocycles. The van der Waals surface area contributed by atoms with Gasteiger partial charge in [-0.05, 0) is 38.7 Å². The van der Waals surface area contributed by atoms with Crippen LogP contribution in [0.2, 0.25) is 0 Å². The Morgan fingerprint density at radius 1 is 1.37 bits per heavy atom. The molecule has 9 nitrogen and oxygen atoms in total. The number of ether oxygens (including phenoxy) is 1. The van der Waals surface area contributed by atoms with Gasteiger partial charge in [-0.2, -0.15) is 0 Å². The molecule has 214 valence electrons. The Morgan fingerprint density at radius 2 is 2.10 bits per heavy atom. The highest BCUT2D eigenvalue weighted by atomic mass is 32.2. The molecule has 41 heavy (non-hydrogen) atoms. The number of amides is 1. The molecule has 2 aromatic heterocycles. The summed E-state index contributed by atoms with van der Waals surface area (Å²) in [5, 5.41) is 3.11. The van der Waals surface area contributed by atoms with E-state index >= 15 is 8.78 Å². The van der Waals surface area contributed by atoms with Crippen molar-refractivity contribution < 1.29 is 18.3 Å². The van der Waals surface area contributed by atoms with E-state index in [0.29, 0.717) is 35.7 Å². The molecule has 0 radical (unpaired) electrons. The van der Waals surface area contributed by atoms with Crippen LogP contribution in [0, 0.1) is 24.2 Å². The fraction of sp³-hybridized carbons (Fsp3) is 0.414. The number of fused-ring (bicyclic) bond motifs is 2. The van der Waals surface area contributed by atoms with Crippen molar-refractivity contribution >= 4 is 39.7 Å². The Kier molecular flexibility index (Phi) is 7.50. The standard InChI is InChI=1S/C29H31F2N7O2S/c1-6-11-40-19-13-21-23(33-14-19)25(35-15-34-21)36-16(2)12-20(30)22(31)17(3)28(5)24-18(4)29(24,41-27(32)37-28)26(39)38-9-7-8-10-38/h1,12-15,18,24H,3,7-11H2,2,4-5H3,(H2,32,37)(H,34,35,36)/b16-12+,22-20-/t18-,24-,28+,29-/m0/s1. The minimum Gasteiger partial charge on any atom is -0.479 e. The summed E-state index contributed by atoms with van der Waals surface area (Å²) in [7, 11) is 0. The molecule has 0 aromatic carbocycles. The molecule has 2 fully saturated rings. The monoisotopic (exact) mass is 579 g/mol. The molecule has 0 spiro atoms. The van der Waals surface area contributed by atoms with Gasteiger partial charge in [0.1, 0.15) is 28.9 Å². The lowest BCUT2D eigenvalue weighted by atomic mass is 9.84. The van der Waals surface area contributed by atoms with E-state index in [-0.39, 0.29) is 40.8 Å². The summed E-state index contributed by atoms with van der Waals surface area (Å²) in [6.07, 6.45) is 10.9. The van der Waals surface area contributed by atoms with E-state index in [2.05, 4.69) is 37.8 Å². The number of anilines is 1. The number of halogens is 2. The largest absolute Gasteiger partial charge is 0.479 e. The highest BCUT2D eigenvalue weighted by molar-refractivity contribution is 8.15. The lowest BCUT2D eigenvalue weighted by Crippen LogP contribution is -2.46. The van der Waals surface area contributed by atoms with E-state index in [9.17, 15) is 4.79 Å². The van der Waals surface area contributed by atoms with Crippen LogP contribution >= 0.6 is 11.8 Å². The van der Waals surface area contributed by atoms with Crippen molar-refractivity contribution in [1.82, 2.24) is 19.9 Å². The number of nitrogens with zero attached hydrogens (tertiary/aromatic N) is 5. The summed E-state index contributed by atoms with van der Waals surface area (Å²) in [6.45, 7) is 10.5. The van der Waals surface area contributed by atoms with Gasteiger partial charge in [-0.1, -0.05) is 31.2 Å². The number of hydrogen-bond donors (Lipinski definition) is 2. The third-order valence-electron chi connectivity index (χ3n) is 8.00. The number of rotatable bonds is 8. The van der Waals surface area contributed by atoms with Crippen LogP contribution in [0.5, 0.6) is 5.75 Å². The van der Waals surface area contributed by atoms with Gasteiger partial charge in [-0.25, -0.2) is 23.7 Å². The van der Waals surface area contributed by atoms with E-state index < -0.39 is 21.9 Å². The number of thioether (sulfide) groups is 1. The zero-order valence-electron chi connectivity index (χ0n) is 23.1. The Morgan fingerprint density at radius 3 is 2.80 bits per heavy atom. The third kappa shape index (κ3) is 4.92. The number of hydrogen-bond acceptors (Lipinski definition) is 9. The summed E-state index contributed by atoms with van der Waals surface area (Å²) < 4.78 is 35.5. The second-order valence-corrected chi connectivity index (χ2v) is 11.9. The minimum atomic E-state index is -1.29. The lowest BCUT2D eigenvalue weighted by molar-refractivity contribution is -0.130. The van der Waals surface area contributed by atoms with E-state index in [1.807, 2.05) is 11.8 Å². The normalized spacial score (nSPS) is 27.9. The second kappa shape index (κ2) is 10.8. The van der Waals surface area contributed by atoms with Crippen LogP contribution in [-0.4, -0.2) is 60.9 Å². The molecule has 1 amide bonds. The van der Waals surface area contributed by atoms with E-state index in [1.165, 1.54) is 24.3 Å². The number of pyridine rings is 1. The molecule has 4 heterocycles. The van der Waals surface area contributed by atoms with Gasteiger partial charge in [0.15, 0.2) is 22.6 Å². The van der Waals surface area contributed by atoms with Crippen LogP contribution < -0.4 is 15.8 Å². The summed E-state index contributed by atoms with van der Waals surface area (Å²) in [6, 6.07) is 1.65. The molecule has 1 saturated carbocycles. The molecule has 3 N–H and O–H groups in total. The quantitative estimate of drug-likeness (QED) is 0.347. The maximum atomic E-state index is 15.6. The molecule has 1 aliphatic carbocycles. The van der Waals surface area contributed by atoms with Gasteiger partial charge < -0.3 is 20.7 Å². The van der Waals surface area contributed by atoms with Crippen molar-refractivity contribution in [2.24, 2.45) is 22.6 Å². The fourth-order valence-electron chi connectivity index (χ4n) is 5.94. The molecule has 4 atom stereocenters. The van der Waals surface area contributed by atoms with Crippen molar-refractivity contribution in [3.63, 3.8) is 0 Å². The average Bonchev–Trinajstić information content (AvgIpc) is 3.27. The number of aromatic nitrogens is 3. The van der Waals surface area contributed by atoms with Crippen molar-refractivity contribution in [2.75, 3.05) is 25.0 Å². The molecule has 5 rings (SSSR count). The predicted octanol–water partition coefficient (Wildman–Crippen LogP) is 4.51. The Bertz CT molecular complexity index is 1560. The molecule has 3 aliphatic rings. The number of likely N-dealkylation sites (tertiary alicyclic amines) is 1. The molecule has 2 aliphatic heterocycles. The Balaban J connectivity index is 1.38. The van der Waals surface area contributed by atoms with Crippen LogP contribution in [0.25, 0.3) is 11.0 Å². The molecular weight excluding hydrogens is 548 g/mol. The maximum absolute atomic E-state index is 15.6. The molecular formula is C29H31F2N7O2S. The molecule has 12 heteroatoms. The van der Waals surface area contributed by atoms with Gasteiger partial charge in [-0.15, -0.1) is 6.42 Å². The summed E-state index contributed by atoms with van der Waals surface area (Å²) in [5.74, 6) is 0.289. The first-order chi connectivity index (χ1) is 19.5. The van der Waals surface area contributed by atoms with Crippen LogP contribution in [0.3, 0.4) is 0 Å². The zero-order valence-corrected chi connectivity index (χ0v) is 23.9. The van der Waals surface area contributed by atoms with Crippen LogP contribution in [-0.2, 0) is 4.79 Å². The van der Waals surface area contributed by atoms with Gasteiger partial charge in [0.25, 0.3) is 0 Å². The first-order valence-corrected chi connectivity index (χ1v) is 14.1. The van der Waals surface area contributed by atoms with Gasteiger partial charge in [0.2, 0.25) is 5.91 Å². The second-order valence-electron chi connectivity index (χ2n) is 10.6. The Hall–Kier alpha value is -3.98. The number of terminal acetylenes is 1. The maximum Gasteiger partial charge on any atom is 0.239 e.